The second-order valence-electron chi connectivity index (χ2n) is 6.60. The van der Waals surface area contributed by atoms with Gasteiger partial charge in [-0.3, -0.25) is 4.90 Å². The van der Waals surface area contributed by atoms with E-state index in [0.29, 0.717) is 12.0 Å². The summed E-state index contributed by atoms with van der Waals surface area (Å²) >= 11 is 6.39. The molecule has 2 aliphatic rings. The third-order valence-corrected chi connectivity index (χ3v) is 5.21. The fourth-order valence-corrected chi connectivity index (χ4v) is 3.50. The van der Waals surface area contributed by atoms with Crippen molar-refractivity contribution in [1.29, 1.82) is 0 Å². The minimum Gasteiger partial charge on any atom is -0.382 e. The van der Waals surface area contributed by atoms with Crippen LogP contribution in [-0.4, -0.2) is 50.5 Å². The number of nitrogens with one attached hydrogen (secondary N) is 1. The Balaban J connectivity index is 1.61. The zero-order valence-electron chi connectivity index (χ0n) is 13.9. The molecule has 1 N–H and O–H groups in total. The van der Waals surface area contributed by atoms with Crippen LogP contribution < -0.4 is 5.32 Å². The first-order valence-corrected chi connectivity index (χ1v) is 9.03. The molecule has 0 bridgehead atoms. The largest absolute Gasteiger partial charge is 0.382 e. The van der Waals surface area contributed by atoms with Crippen LogP contribution in [0.2, 0.25) is 5.02 Å². The lowest BCUT2D eigenvalue weighted by Gasteiger charge is -2.30. The van der Waals surface area contributed by atoms with Crippen molar-refractivity contribution >= 4 is 17.3 Å². The van der Waals surface area contributed by atoms with Gasteiger partial charge in [-0.1, -0.05) is 11.6 Å². The lowest BCUT2D eigenvalue weighted by Crippen LogP contribution is -2.35. The van der Waals surface area contributed by atoms with Crippen molar-refractivity contribution in [2.45, 2.75) is 32.4 Å². The maximum absolute atomic E-state index is 6.39. The van der Waals surface area contributed by atoms with E-state index in [1.165, 1.54) is 18.4 Å². The van der Waals surface area contributed by atoms with Gasteiger partial charge < -0.3 is 14.8 Å². The number of halogens is 1. The maximum atomic E-state index is 6.39. The van der Waals surface area contributed by atoms with Crippen LogP contribution in [-0.2, 0) is 16.0 Å². The van der Waals surface area contributed by atoms with Gasteiger partial charge in [0.25, 0.3) is 0 Å². The lowest BCUT2D eigenvalue weighted by atomic mass is 9.94. The molecule has 23 heavy (non-hydrogen) atoms. The zero-order valence-corrected chi connectivity index (χ0v) is 14.6. The molecule has 128 valence electrons. The Morgan fingerprint density at radius 1 is 1.26 bits per heavy atom. The fraction of sp³-hybridized carbons (Fsp3) is 0.667. The highest BCUT2D eigenvalue weighted by atomic mass is 35.5. The Bertz CT molecular complexity index is 500. The number of hydrogen-bond acceptors (Lipinski definition) is 4. The van der Waals surface area contributed by atoms with Crippen molar-refractivity contribution < 1.29 is 9.47 Å². The first-order chi connectivity index (χ1) is 11.2. The quantitative estimate of drug-likeness (QED) is 0.892. The molecule has 0 radical (unpaired) electrons. The third-order valence-electron chi connectivity index (χ3n) is 4.84. The van der Waals surface area contributed by atoms with Crippen LogP contribution in [0.4, 0.5) is 5.69 Å². The highest BCUT2D eigenvalue weighted by Crippen LogP contribution is 2.25. The number of anilines is 1. The molecular formula is C18H27ClN2O2. The van der Waals surface area contributed by atoms with Crippen molar-refractivity contribution in [3.63, 3.8) is 0 Å². The van der Waals surface area contributed by atoms with E-state index in [1.54, 1.807) is 0 Å². The van der Waals surface area contributed by atoms with Crippen LogP contribution in [0.15, 0.2) is 18.2 Å². The molecule has 2 heterocycles. The Morgan fingerprint density at radius 2 is 2.09 bits per heavy atom. The lowest BCUT2D eigenvalue weighted by molar-refractivity contribution is 0.0342. The van der Waals surface area contributed by atoms with Crippen LogP contribution in [0, 0.1) is 5.92 Å². The normalized spacial score (nSPS) is 24.3. The van der Waals surface area contributed by atoms with Crippen molar-refractivity contribution in [3.8, 4) is 0 Å². The second kappa shape index (κ2) is 8.34. The molecule has 1 aromatic carbocycles. The Hall–Kier alpha value is -0.810. The number of benzene rings is 1. The molecule has 2 fully saturated rings. The average Bonchev–Trinajstić information content (AvgIpc) is 2.59. The monoisotopic (exact) mass is 338 g/mol. The Morgan fingerprint density at radius 3 is 2.83 bits per heavy atom. The van der Waals surface area contributed by atoms with Crippen molar-refractivity contribution in [3.05, 3.63) is 28.8 Å². The summed E-state index contributed by atoms with van der Waals surface area (Å²) in [6, 6.07) is 6.68. The molecule has 0 saturated carbocycles. The van der Waals surface area contributed by atoms with Gasteiger partial charge in [0.2, 0.25) is 0 Å². The van der Waals surface area contributed by atoms with Gasteiger partial charge in [0.15, 0.2) is 0 Å². The molecule has 4 nitrogen and oxygen atoms in total. The standard InChI is InChI=1S/C18H27ClN2O2/c1-14(15-3-2-8-23-13-15)20-17-4-5-18(19)16(11-17)12-21-6-9-22-10-7-21/h4-5,11,14-15,20H,2-3,6-10,12-13H2,1H3/t14-,15+/m1/s1. The zero-order chi connectivity index (χ0) is 16.1. The van der Waals surface area contributed by atoms with Gasteiger partial charge in [-0.25, -0.2) is 0 Å². The van der Waals surface area contributed by atoms with E-state index in [-0.39, 0.29) is 0 Å². The Labute approximate surface area is 144 Å². The molecule has 3 rings (SSSR count). The summed E-state index contributed by atoms with van der Waals surface area (Å²) in [5.41, 5.74) is 2.33. The van der Waals surface area contributed by atoms with E-state index in [1.807, 2.05) is 6.07 Å². The maximum Gasteiger partial charge on any atom is 0.0594 e. The Kier molecular flexibility index (Phi) is 6.17. The van der Waals surface area contributed by atoms with E-state index in [0.717, 1.165) is 56.8 Å². The molecule has 2 aliphatic heterocycles. The highest BCUT2D eigenvalue weighted by Gasteiger charge is 2.21. The van der Waals surface area contributed by atoms with Gasteiger partial charge in [-0.2, -0.15) is 0 Å². The first-order valence-electron chi connectivity index (χ1n) is 8.65. The summed E-state index contributed by atoms with van der Waals surface area (Å²) in [5.74, 6) is 0.585. The molecule has 0 amide bonds. The molecule has 2 saturated heterocycles. The summed E-state index contributed by atoms with van der Waals surface area (Å²) in [6.45, 7) is 8.49. The van der Waals surface area contributed by atoms with Crippen LogP contribution >= 0.6 is 11.6 Å². The van der Waals surface area contributed by atoms with Gasteiger partial charge in [0.05, 0.1) is 19.8 Å². The van der Waals surface area contributed by atoms with Gasteiger partial charge >= 0.3 is 0 Å². The number of rotatable bonds is 5. The van der Waals surface area contributed by atoms with Gasteiger partial charge in [-0.05, 0) is 43.5 Å². The predicted molar refractivity (Wildman–Crippen MR) is 94.2 cm³/mol. The van der Waals surface area contributed by atoms with Crippen molar-refractivity contribution in [1.82, 2.24) is 4.90 Å². The molecule has 5 heteroatoms. The number of nitrogens with zero attached hydrogens (tertiary/aromatic N) is 1. The topological polar surface area (TPSA) is 33.7 Å². The minimum atomic E-state index is 0.410. The molecule has 0 unspecified atom stereocenters. The van der Waals surface area contributed by atoms with E-state index < -0.39 is 0 Å². The second-order valence-corrected chi connectivity index (χ2v) is 7.01. The summed E-state index contributed by atoms with van der Waals surface area (Å²) in [6.07, 6.45) is 2.40. The van der Waals surface area contributed by atoms with Gasteiger partial charge in [0, 0.05) is 48.9 Å². The minimum absolute atomic E-state index is 0.410. The highest BCUT2D eigenvalue weighted by molar-refractivity contribution is 6.31. The van der Waals surface area contributed by atoms with E-state index in [4.69, 9.17) is 21.1 Å². The van der Waals surface area contributed by atoms with Crippen LogP contribution in [0.25, 0.3) is 0 Å². The van der Waals surface area contributed by atoms with Crippen LogP contribution in [0.3, 0.4) is 0 Å². The number of ether oxygens (including phenoxy) is 2. The molecule has 2 atom stereocenters. The van der Waals surface area contributed by atoms with Gasteiger partial charge in [0.1, 0.15) is 0 Å². The van der Waals surface area contributed by atoms with E-state index in [9.17, 15) is 0 Å². The van der Waals surface area contributed by atoms with Crippen molar-refractivity contribution in [2.24, 2.45) is 5.92 Å². The fourth-order valence-electron chi connectivity index (χ4n) is 3.33. The molecule has 1 aromatic rings. The van der Waals surface area contributed by atoms with E-state index >= 15 is 0 Å². The third kappa shape index (κ3) is 4.83. The molecule has 0 aliphatic carbocycles. The summed E-state index contributed by atoms with van der Waals surface area (Å²) in [7, 11) is 0. The number of hydrogen-bond donors (Lipinski definition) is 1. The average molecular weight is 339 g/mol. The van der Waals surface area contributed by atoms with Crippen LogP contribution in [0.1, 0.15) is 25.3 Å². The molecule has 0 spiro atoms. The predicted octanol–water partition coefficient (Wildman–Crippen LogP) is 3.40. The SMILES string of the molecule is C[C@@H](Nc1ccc(Cl)c(CN2CCOCC2)c1)[C@H]1CCCOC1. The summed E-state index contributed by atoms with van der Waals surface area (Å²) in [4.78, 5) is 2.40. The summed E-state index contributed by atoms with van der Waals surface area (Å²) in [5, 5.41) is 4.48. The first kappa shape index (κ1) is 17.0. The molecule has 0 aromatic heterocycles. The van der Waals surface area contributed by atoms with Crippen molar-refractivity contribution in [2.75, 3.05) is 44.8 Å². The summed E-state index contributed by atoms with van der Waals surface area (Å²) < 4.78 is 11.0. The van der Waals surface area contributed by atoms with Crippen LogP contribution in [0.5, 0.6) is 0 Å². The van der Waals surface area contributed by atoms with E-state index in [2.05, 4.69) is 29.3 Å². The molecular weight excluding hydrogens is 312 g/mol. The number of morpholine rings is 1. The van der Waals surface area contributed by atoms with Gasteiger partial charge in [-0.15, -0.1) is 0 Å². The smallest absolute Gasteiger partial charge is 0.0594 e.